The highest BCUT2D eigenvalue weighted by molar-refractivity contribution is 6.03. The minimum Gasteiger partial charge on any atom is -0.507 e. The Labute approximate surface area is 202 Å². The Kier molecular flexibility index (Phi) is 7.60. The number of aromatic hydroxyl groups is 1. The van der Waals surface area contributed by atoms with Crippen molar-refractivity contribution < 1.29 is 29.3 Å². The monoisotopic (exact) mass is 471 g/mol. The number of amides is 2. The van der Waals surface area contributed by atoms with Gasteiger partial charge in [0.25, 0.3) is 5.91 Å². The molecule has 3 N–H and O–H groups in total. The number of phenolic OH excluding ortho intramolecular Hbond substituents is 1. The van der Waals surface area contributed by atoms with Crippen LogP contribution in [-0.2, 0) is 4.74 Å². The van der Waals surface area contributed by atoms with E-state index in [1.165, 1.54) is 6.07 Å². The van der Waals surface area contributed by atoms with E-state index < -0.39 is 24.2 Å². The summed E-state index contributed by atoms with van der Waals surface area (Å²) in [4.78, 5) is 25.4. The summed E-state index contributed by atoms with van der Waals surface area (Å²) in [6.45, 7) is -0.224. The molecule has 7 nitrogen and oxygen atoms in total. The number of nitrogens with one attached hydrogen (secondary N) is 1. The maximum atomic E-state index is 12.9. The van der Waals surface area contributed by atoms with E-state index >= 15 is 0 Å². The van der Waals surface area contributed by atoms with Crippen molar-refractivity contribution in [3.8, 4) is 11.5 Å². The van der Waals surface area contributed by atoms with Crippen LogP contribution in [-0.4, -0.2) is 34.9 Å². The van der Waals surface area contributed by atoms with Gasteiger partial charge >= 0.3 is 6.09 Å². The zero-order chi connectivity index (χ0) is 24.6. The van der Waals surface area contributed by atoms with Gasteiger partial charge in [0.2, 0.25) is 0 Å². The number of hydrogen-bond acceptors (Lipinski definition) is 6. The first kappa shape index (κ1) is 23.8. The molecule has 0 heterocycles. The molecular formula is C28H25NO6. The van der Waals surface area contributed by atoms with Gasteiger partial charge in [0.1, 0.15) is 17.6 Å². The minimum absolute atomic E-state index is 0.0782. The summed E-state index contributed by atoms with van der Waals surface area (Å²) in [7, 11) is 0. The molecule has 0 aromatic heterocycles. The van der Waals surface area contributed by atoms with Crippen molar-refractivity contribution in [2.75, 3.05) is 6.61 Å². The lowest BCUT2D eigenvalue weighted by Gasteiger charge is -2.28. The zero-order valence-corrected chi connectivity index (χ0v) is 18.8. The summed E-state index contributed by atoms with van der Waals surface area (Å²) in [5.74, 6) is 0.00509. The molecule has 0 spiro atoms. The van der Waals surface area contributed by atoms with E-state index in [4.69, 9.17) is 9.47 Å². The van der Waals surface area contributed by atoms with Crippen LogP contribution in [0.2, 0.25) is 0 Å². The third-order valence-electron chi connectivity index (χ3n) is 5.51. The summed E-state index contributed by atoms with van der Waals surface area (Å²) in [5.41, 5.74) is 0.874. The number of para-hydroxylation sites is 1. The molecule has 35 heavy (non-hydrogen) atoms. The molecule has 4 aromatic carbocycles. The SMILES string of the molecule is O=C(NC(=O)c1ccccc1)O[C@@H](c1ccc(O)c2ccccc12)[C@H](CCO)Oc1ccccc1. The fraction of sp³-hybridized carbons (Fsp3) is 0.143. The Morgan fingerprint density at radius 2 is 1.43 bits per heavy atom. The lowest BCUT2D eigenvalue weighted by molar-refractivity contribution is 0.00461. The first-order valence-electron chi connectivity index (χ1n) is 11.2. The number of carbonyl (C=O) groups excluding carboxylic acids is 2. The summed E-state index contributed by atoms with van der Waals surface area (Å²) in [5, 5.41) is 23.6. The topological polar surface area (TPSA) is 105 Å². The molecule has 0 fully saturated rings. The van der Waals surface area contributed by atoms with Gasteiger partial charge in [-0.2, -0.15) is 0 Å². The third kappa shape index (κ3) is 5.77. The second-order valence-corrected chi connectivity index (χ2v) is 7.85. The molecule has 2 atom stereocenters. The van der Waals surface area contributed by atoms with E-state index in [2.05, 4.69) is 5.32 Å². The number of hydrogen-bond donors (Lipinski definition) is 3. The zero-order valence-electron chi connectivity index (χ0n) is 18.8. The largest absolute Gasteiger partial charge is 0.507 e. The van der Waals surface area contributed by atoms with E-state index in [9.17, 15) is 19.8 Å². The molecule has 0 aliphatic heterocycles. The Morgan fingerprint density at radius 1 is 0.800 bits per heavy atom. The standard InChI is InChI=1S/C28H25NO6/c30-18-17-25(34-20-11-5-2-6-12-20)26(23-15-16-24(31)22-14-8-7-13-21(22)23)35-28(33)29-27(32)19-9-3-1-4-10-19/h1-16,25-26,30-31H,17-18H2,(H,29,32,33)/t25-,26-/m0/s1. The van der Waals surface area contributed by atoms with Gasteiger partial charge in [-0.25, -0.2) is 4.79 Å². The van der Waals surface area contributed by atoms with Crippen molar-refractivity contribution in [3.05, 3.63) is 108 Å². The van der Waals surface area contributed by atoms with Crippen LogP contribution in [0.4, 0.5) is 4.79 Å². The van der Waals surface area contributed by atoms with E-state index in [0.717, 1.165) is 0 Å². The molecule has 0 saturated heterocycles. The van der Waals surface area contributed by atoms with Crippen molar-refractivity contribution in [1.29, 1.82) is 0 Å². The molecule has 0 unspecified atom stereocenters. The van der Waals surface area contributed by atoms with Crippen molar-refractivity contribution in [3.63, 3.8) is 0 Å². The number of carbonyl (C=O) groups is 2. The number of fused-ring (bicyclic) bond motifs is 1. The fourth-order valence-electron chi connectivity index (χ4n) is 3.87. The molecule has 0 radical (unpaired) electrons. The second kappa shape index (κ2) is 11.2. The predicted octanol–water partition coefficient (Wildman–Crippen LogP) is 4.98. The van der Waals surface area contributed by atoms with E-state index in [-0.39, 0.29) is 18.8 Å². The number of phenols is 1. The van der Waals surface area contributed by atoms with Crippen LogP contribution in [0.1, 0.15) is 28.4 Å². The molecule has 2 amide bonds. The quantitative estimate of drug-likeness (QED) is 0.335. The maximum absolute atomic E-state index is 12.9. The van der Waals surface area contributed by atoms with Crippen molar-refractivity contribution >= 4 is 22.8 Å². The molecule has 4 rings (SSSR count). The van der Waals surface area contributed by atoms with Crippen molar-refractivity contribution in [1.82, 2.24) is 5.32 Å². The minimum atomic E-state index is -1.00. The van der Waals surface area contributed by atoms with Gasteiger partial charge in [0.15, 0.2) is 6.10 Å². The van der Waals surface area contributed by atoms with Crippen molar-refractivity contribution in [2.45, 2.75) is 18.6 Å². The van der Waals surface area contributed by atoms with E-state index in [0.29, 0.717) is 27.6 Å². The van der Waals surface area contributed by atoms with Crippen LogP contribution in [0.15, 0.2) is 97.1 Å². The number of benzene rings is 4. The average molecular weight is 472 g/mol. The smallest absolute Gasteiger partial charge is 0.414 e. The molecule has 0 saturated carbocycles. The van der Waals surface area contributed by atoms with E-state index in [1.807, 2.05) is 18.2 Å². The highest BCUT2D eigenvalue weighted by Crippen LogP contribution is 2.36. The predicted molar refractivity (Wildman–Crippen MR) is 131 cm³/mol. The van der Waals surface area contributed by atoms with Crippen molar-refractivity contribution in [2.24, 2.45) is 0 Å². The third-order valence-corrected chi connectivity index (χ3v) is 5.51. The molecule has 7 heteroatoms. The first-order valence-corrected chi connectivity index (χ1v) is 11.2. The summed E-state index contributed by atoms with van der Waals surface area (Å²) < 4.78 is 11.9. The maximum Gasteiger partial charge on any atom is 0.414 e. The molecule has 0 aliphatic carbocycles. The van der Waals surface area contributed by atoms with Crippen LogP contribution in [0.5, 0.6) is 11.5 Å². The second-order valence-electron chi connectivity index (χ2n) is 7.85. The van der Waals surface area contributed by atoms with Crippen LogP contribution in [0.25, 0.3) is 10.8 Å². The van der Waals surface area contributed by atoms with Crippen LogP contribution in [0, 0.1) is 0 Å². The highest BCUT2D eigenvalue weighted by atomic mass is 16.6. The van der Waals surface area contributed by atoms with Crippen LogP contribution >= 0.6 is 0 Å². The number of alkyl carbamates (subject to hydrolysis) is 1. The Bertz CT molecular complexity index is 1290. The molecule has 0 aliphatic rings. The van der Waals surface area contributed by atoms with Gasteiger partial charge in [-0.3, -0.25) is 10.1 Å². The molecule has 4 aromatic rings. The van der Waals surface area contributed by atoms with Gasteiger partial charge < -0.3 is 19.7 Å². The molecule has 0 bridgehead atoms. The summed E-state index contributed by atoms with van der Waals surface area (Å²) >= 11 is 0. The number of aliphatic hydroxyl groups excluding tert-OH is 1. The van der Waals surface area contributed by atoms with Gasteiger partial charge in [0.05, 0.1) is 0 Å². The molecule has 178 valence electrons. The van der Waals surface area contributed by atoms with E-state index in [1.54, 1.807) is 72.8 Å². The highest BCUT2D eigenvalue weighted by Gasteiger charge is 2.31. The van der Waals surface area contributed by atoms with Gasteiger partial charge in [-0.1, -0.05) is 66.7 Å². The average Bonchev–Trinajstić information content (AvgIpc) is 2.89. The van der Waals surface area contributed by atoms with Gasteiger partial charge in [-0.05, 0) is 35.7 Å². The Hall–Kier alpha value is -4.36. The summed E-state index contributed by atoms with van der Waals surface area (Å²) in [6, 6.07) is 27.6. The molecular weight excluding hydrogens is 446 g/mol. The van der Waals surface area contributed by atoms with Gasteiger partial charge in [-0.15, -0.1) is 0 Å². The summed E-state index contributed by atoms with van der Waals surface area (Å²) in [6.07, 6.45) is -2.60. The normalized spacial score (nSPS) is 12.5. The first-order chi connectivity index (χ1) is 17.1. The Morgan fingerprint density at radius 3 is 2.11 bits per heavy atom. The lowest BCUT2D eigenvalue weighted by Crippen LogP contribution is -2.36. The van der Waals surface area contributed by atoms with Gasteiger partial charge in [0, 0.05) is 29.5 Å². The number of ether oxygens (including phenoxy) is 2. The fourth-order valence-corrected chi connectivity index (χ4v) is 3.87. The number of imide groups is 1. The Balaban J connectivity index is 1.69. The van der Waals surface area contributed by atoms with Crippen LogP contribution < -0.4 is 10.1 Å². The number of rotatable bonds is 8. The van der Waals surface area contributed by atoms with Crippen LogP contribution in [0.3, 0.4) is 0 Å². The number of aliphatic hydroxyl groups is 1. The lowest BCUT2D eigenvalue weighted by atomic mass is 9.95.